The van der Waals surface area contributed by atoms with Crippen LogP contribution >= 0.6 is 11.8 Å². The SMILES string of the molecule is CN1CCC(=C2c3ccccc3Sc3ccccc32)CC1.COc1ccccc1C=CC(=O)O.O=C(O)C=CC(=O)O. The Balaban J connectivity index is 0.000000198. The van der Waals surface area contributed by atoms with Crippen molar-refractivity contribution in [3.63, 3.8) is 0 Å². The molecule has 9 heteroatoms. The first-order valence-electron chi connectivity index (χ1n) is 13.1. The number of ether oxygens (including phenoxy) is 1. The number of rotatable bonds is 5. The second-order valence-electron chi connectivity index (χ2n) is 9.30. The van der Waals surface area contributed by atoms with Gasteiger partial charge in [-0.05, 0) is 60.9 Å². The van der Waals surface area contributed by atoms with Crippen LogP contribution < -0.4 is 4.74 Å². The van der Waals surface area contributed by atoms with Crippen LogP contribution in [0.5, 0.6) is 5.75 Å². The summed E-state index contributed by atoms with van der Waals surface area (Å²) in [4.78, 5) is 34.6. The first-order chi connectivity index (χ1) is 20.2. The second kappa shape index (κ2) is 16.0. The van der Waals surface area contributed by atoms with Crippen molar-refractivity contribution in [2.24, 2.45) is 0 Å². The predicted octanol–water partition coefficient (Wildman–Crippen LogP) is 6.18. The number of benzene rings is 3. The minimum atomic E-state index is -1.26. The third kappa shape index (κ3) is 9.50. The van der Waals surface area contributed by atoms with E-state index >= 15 is 0 Å². The molecule has 0 spiro atoms. The highest BCUT2D eigenvalue weighted by Gasteiger charge is 2.24. The minimum absolute atomic E-state index is 0.558. The number of carboxylic acids is 3. The summed E-state index contributed by atoms with van der Waals surface area (Å²) in [5.41, 5.74) is 6.76. The van der Waals surface area contributed by atoms with Crippen molar-refractivity contribution in [2.45, 2.75) is 22.6 Å². The van der Waals surface area contributed by atoms with Crippen molar-refractivity contribution in [1.82, 2.24) is 4.90 Å². The maximum absolute atomic E-state index is 10.2. The summed E-state index contributed by atoms with van der Waals surface area (Å²) in [6, 6.07) is 25.0. The molecule has 2 aliphatic heterocycles. The van der Waals surface area contributed by atoms with Crippen LogP contribution in [-0.2, 0) is 14.4 Å². The molecule has 1 saturated heterocycles. The fourth-order valence-electron chi connectivity index (χ4n) is 4.42. The van der Waals surface area contributed by atoms with Gasteiger partial charge in [0.25, 0.3) is 0 Å². The summed E-state index contributed by atoms with van der Waals surface area (Å²) in [7, 11) is 3.77. The van der Waals surface area contributed by atoms with Gasteiger partial charge in [-0.2, -0.15) is 0 Å². The van der Waals surface area contributed by atoms with Crippen LogP contribution in [0.15, 0.2) is 106 Å². The lowest BCUT2D eigenvalue weighted by Crippen LogP contribution is -2.27. The van der Waals surface area contributed by atoms with Crippen LogP contribution in [0, 0.1) is 0 Å². The molecule has 0 aliphatic carbocycles. The number of methoxy groups -OCH3 is 1. The molecule has 1 fully saturated rings. The Kier molecular flexibility index (Phi) is 12.2. The van der Waals surface area contributed by atoms with E-state index in [9.17, 15) is 14.4 Å². The van der Waals surface area contributed by atoms with E-state index in [1.165, 1.54) is 58.5 Å². The summed E-state index contributed by atoms with van der Waals surface area (Å²) in [5, 5.41) is 24.0. The Morgan fingerprint density at radius 2 is 1.21 bits per heavy atom. The molecule has 3 aromatic carbocycles. The third-order valence-electron chi connectivity index (χ3n) is 6.39. The molecule has 0 radical (unpaired) electrons. The highest BCUT2D eigenvalue weighted by molar-refractivity contribution is 7.99. The number of carboxylic acid groups (broad SMARTS) is 3. The molecular weight excluding hydrogens is 554 g/mol. The summed E-state index contributed by atoms with van der Waals surface area (Å²) >= 11 is 1.91. The summed E-state index contributed by atoms with van der Waals surface area (Å²) in [6.45, 7) is 2.35. The van der Waals surface area contributed by atoms with Crippen molar-refractivity contribution in [3.05, 3.63) is 113 Å². The summed E-state index contributed by atoms with van der Waals surface area (Å²) in [5.74, 6) is -2.81. The number of fused-ring (bicyclic) bond motifs is 2. The molecule has 42 heavy (non-hydrogen) atoms. The van der Waals surface area contributed by atoms with Gasteiger partial charge in [0.2, 0.25) is 0 Å². The van der Waals surface area contributed by atoms with Gasteiger partial charge in [0, 0.05) is 46.7 Å². The number of likely N-dealkylation sites (tertiary alicyclic amines) is 1. The van der Waals surface area contributed by atoms with Crippen LogP contribution in [0.25, 0.3) is 11.6 Å². The van der Waals surface area contributed by atoms with E-state index in [2.05, 4.69) is 60.5 Å². The molecule has 0 amide bonds. The van der Waals surface area contributed by atoms with Crippen molar-refractivity contribution in [2.75, 3.05) is 27.2 Å². The molecule has 0 saturated carbocycles. The number of piperidine rings is 1. The van der Waals surface area contributed by atoms with Crippen LogP contribution in [-0.4, -0.2) is 65.4 Å². The van der Waals surface area contributed by atoms with Gasteiger partial charge in [0.1, 0.15) is 5.75 Å². The topological polar surface area (TPSA) is 124 Å². The zero-order chi connectivity index (χ0) is 30.5. The first kappa shape index (κ1) is 31.9. The zero-order valence-electron chi connectivity index (χ0n) is 23.4. The monoisotopic (exact) mass is 587 g/mol. The van der Waals surface area contributed by atoms with E-state index < -0.39 is 17.9 Å². The summed E-state index contributed by atoms with van der Waals surface area (Å²) in [6.07, 6.45) is 6.09. The standard InChI is InChI=1S/C19H19NS.C10H10O3.C4H4O4/c1-20-12-10-14(11-13-20)19-15-6-2-4-8-17(15)21-18-9-5-3-7-16(18)19;1-13-9-5-3-2-4-8(9)6-7-10(11)12;5-3(6)1-2-4(7)8/h2-9H,10-13H2,1H3;2-7H,1H3,(H,11,12);1-2H,(H,5,6)(H,7,8). The molecule has 2 heterocycles. The average Bonchev–Trinajstić information content (AvgIpc) is 2.99. The van der Waals surface area contributed by atoms with Gasteiger partial charge in [0.15, 0.2) is 0 Å². The van der Waals surface area contributed by atoms with E-state index in [1.54, 1.807) is 24.8 Å². The second-order valence-corrected chi connectivity index (χ2v) is 10.4. The van der Waals surface area contributed by atoms with Gasteiger partial charge in [-0.25, -0.2) is 14.4 Å². The van der Waals surface area contributed by atoms with E-state index in [-0.39, 0.29) is 0 Å². The fourth-order valence-corrected chi connectivity index (χ4v) is 5.51. The smallest absolute Gasteiger partial charge is 0.328 e. The zero-order valence-corrected chi connectivity index (χ0v) is 24.2. The normalized spacial score (nSPS) is 14.1. The van der Waals surface area contributed by atoms with Gasteiger partial charge in [-0.3, -0.25) is 0 Å². The molecule has 0 atom stereocenters. The molecule has 0 aromatic heterocycles. The molecule has 2 aliphatic rings. The summed E-state index contributed by atoms with van der Waals surface area (Å²) < 4.78 is 5.03. The molecular formula is C33H33NO7S. The van der Waals surface area contributed by atoms with Crippen LogP contribution in [0.3, 0.4) is 0 Å². The van der Waals surface area contributed by atoms with Gasteiger partial charge in [0.05, 0.1) is 7.11 Å². The predicted molar refractivity (Wildman–Crippen MR) is 164 cm³/mol. The lowest BCUT2D eigenvalue weighted by molar-refractivity contribution is -0.134. The van der Waals surface area contributed by atoms with Crippen LogP contribution in [0.2, 0.25) is 0 Å². The van der Waals surface area contributed by atoms with E-state index in [0.29, 0.717) is 17.9 Å². The molecule has 8 nitrogen and oxygen atoms in total. The Labute approximate surface area is 249 Å². The van der Waals surface area contributed by atoms with Gasteiger partial charge >= 0.3 is 17.9 Å². The Morgan fingerprint density at radius 3 is 1.71 bits per heavy atom. The van der Waals surface area contributed by atoms with E-state index in [0.717, 1.165) is 11.6 Å². The molecule has 0 unspecified atom stereocenters. The fraction of sp³-hybridized carbons (Fsp3) is 0.182. The number of hydrogen-bond donors (Lipinski definition) is 3. The van der Waals surface area contributed by atoms with Crippen LogP contribution in [0.1, 0.15) is 29.5 Å². The Morgan fingerprint density at radius 1 is 0.738 bits per heavy atom. The van der Waals surface area contributed by atoms with Gasteiger partial charge in [-0.15, -0.1) is 0 Å². The lowest BCUT2D eigenvalue weighted by Gasteiger charge is -2.30. The largest absolute Gasteiger partial charge is 0.496 e. The molecule has 3 aromatic rings. The number of aliphatic carboxylic acids is 3. The Bertz CT molecular complexity index is 1440. The van der Waals surface area contributed by atoms with Crippen LogP contribution in [0.4, 0.5) is 0 Å². The highest BCUT2D eigenvalue weighted by atomic mass is 32.2. The molecule has 3 N–H and O–H groups in total. The van der Waals surface area contributed by atoms with Gasteiger partial charge in [-0.1, -0.05) is 71.9 Å². The van der Waals surface area contributed by atoms with Gasteiger partial charge < -0.3 is 25.0 Å². The molecule has 0 bridgehead atoms. The molecule has 5 rings (SSSR count). The maximum atomic E-state index is 10.2. The van der Waals surface area contributed by atoms with Crippen molar-refractivity contribution in [3.8, 4) is 5.75 Å². The third-order valence-corrected chi connectivity index (χ3v) is 7.54. The Hall–Kier alpha value is -4.60. The average molecular weight is 588 g/mol. The quantitative estimate of drug-likeness (QED) is 0.235. The molecule has 218 valence electrons. The number of carbonyl (C=O) groups is 3. The van der Waals surface area contributed by atoms with E-state index in [1.807, 2.05) is 23.9 Å². The number of para-hydroxylation sites is 1. The highest BCUT2D eigenvalue weighted by Crippen LogP contribution is 2.47. The first-order valence-corrected chi connectivity index (χ1v) is 14.0. The maximum Gasteiger partial charge on any atom is 0.328 e. The number of hydrogen-bond acceptors (Lipinski definition) is 6. The van der Waals surface area contributed by atoms with Crippen molar-refractivity contribution < 1.29 is 34.4 Å². The van der Waals surface area contributed by atoms with E-state index in [4.69, 9.17) is 20.1 Å². The van der Waals surface area contributed by atoms with Crippen molar-refractivity contribution >= 4 is 41.3 Å². The lowest BCUT2D eigenvalue weighted by atomic mass is 9.88. The number of nitrogens with zero attached hydrogens (tertiary/aromatic N) is 1. The minimum Gasteiger partial charge on any atom is -0.496 e. The van der Waals surface area contributed by atoms with Crippen molar-refractivity contribution in [1.29, 1.82) is 0 Å².